The Morgan fingerprint density at radius 1 is 1.00 bits per heavy atom. The van der Waals surface area contributed by atoms with Crippen LogP contribution in [0.2, 0.25) is 0 Å². The maximum absolute atomic E-state index is 12.1. The van der Waals surface area contributed by atoms with Gasteiger partial charge in [0.15, 0.2) is 0 Å². The first kappa shape index (κ1) is 20.7. The van der Waals surface area contributed by atoms with E-state index in [0.29, 0.717) is 12.2 Å². The van der Waals surface area contributed by atoms with E-state index in [4.69, 9.17) is 14.2 Å². The zero-order valence-corrected chi connectivity index (χ0v) is 17.3. The first-order chi connectivity index (χ1) is 14.1. The van der Waals surface area contributed by atoms with Gasteiger partial charge in [-0.3, -0.25) is 0 Å². The molecule has 0 aliphatic carbocycles. The van der Waals surface area contributed by atoms with E-state index in [1.54, 1.807) is 0 Å². The van der Waals surface area contributed by atoms with Crippen LogP contribution in [0.3, 0.4) is 0 Å². The van der Waals surface area contributed by atoms with E-state index in [2.05, 4.69) is 29.0 Å². The normalized spacial score (nSPS) is 15.1. The Labute approximate surface area is 172 Å². The molecule has 6 heteroatoms. The third-order valence-electron chi connectivity index (χ3n) is 5.05. The number of piperazine rings is 1. The third-order valence-corrected chi connectivity index (χ3v) is 5.05. The molecular formula is C23H28N2O4. The molecule has 0 spiro atoms. The molecule has 1 aliphatic rings. The van der Waals surface area contributed by atoms with Crippen molar-refractivity contribution in [2.45, 2.75) is 6.61 Å². The number of ether oxygens (including phenoxy) is 3. The second-order valence-electron chi connectivity index (χ2n) is 6.99. The lowest BCUT2D eigenvalue weighted by atomic mass is 10.0. The molecule has 0 radical (unpaired) electrons. The zero-order chi connectivity index (χ0) is 20.6. The summed E-state index contributed by atoms with van der Waals surface area (Å²) in [5, 5.41) is 0. The lowest BCUT2D eigenvalue weighted by Gasteiger charge is -2.34. The molecule has 0 amide bonds. The lowest BCUT2D eigenvalue weighted by molar-refractivity contribution is -0.133. The highest BCUT2D eigenvalue weighted by Gasteiger charge is 2.17. The maximum Gasteiger partial charge on any atom is 0.341 e. The summed E-state index contributed by atoms with van der Waals surface area (Å²) >= 11 is 0. The van der Waals surface area contributed by atoms with Crippen molar-refractivity contribution < 1.29 is 19.0 Å². The Kier molecular flexibility index (Phi) is 7.14. The molecule has 3 rings (SSSR count). The Morgan fingerprint density at radius 3 is 2.34 bits per heavy atom. The molecule has 0 N–H and O–H groups in total. The Morgan fingerprint density at radius 2 is 1.69 bits per heavy atom. The summed E-state index contributed by atoms with van der Waals surface area (Å²) in [5.41, 5.74) is 3.18. The summed E-state index contributed by atoms with van der Waals surface area (Å²) in [5.74, 6) is 0.337. The minimum absolute atomic E-state index is 0.335. The number of carbonyl (C=O) groups is 1. The number of hydrogen-bond donors (Lipinski definition) is 0. The van der Waals surface area contributed by atoms with Crippen LogP contribution in [0, 0.1) is 0 Å². The largest absolute Gasteiger partial charge is 0.503 e. The van der Waals surface area contributed by atoms with Crippen LogP contribution >= 0.6 is 0 Å². The fraction of sp³-hybridized carbons (Fsp3) is 0.348. The molecule has 29 heavy (non-hydrogen) atoms. The molecule has 154 valence electrons. The highest BCUT2D eigenvalue weighted by molar-refractivity contribution is 6.16. The predicted octanol–water partition coefficient (Wildman–Crippen LogP) is 3.18. The van der Waals surface area contributed by atoms with Crippen LogP contribution in [-0.4, -0.2) is 58.3 Å². The van der Waals surface area contributed by atoms with E-state index in [1.165, 1.54) is 26.2 Å². The lowest BCUT2D eigenvalue weighted by Crippen LogP contribution is -2.44. The summed E-state index contributed by atoms with van der Waals surface area (Å²) in [6.45, 7) is 4.56. The first-order valence-electron chi connectivity index (χ1n) is 9.68. The van der Waals surface area contributed by atoms with E-state index in [0.717, 1.165) is 43.1 Å². The molecule has 0 saturated carbocycles. The zero-order valence-electron chi connectivity index (χ0n) is 17.3. The van der Waals surface area contributed by atoms with Gasteiger partial charge in [0, 0.05) is 31.9 Å². The molecule has 1 fully saturated rings. The Bertz CT molecular complexity index is 840. The van der Waals surface area contributed by atoms with Crippen LogP contribution in [-0.2, 0) is 20.9 Å². The molecule has 0 aromatic heterocycles. The molecule has 6 nitrogen and oxygen atoms in total. The number of esters is 1. The molecule has 2 aromatic carbocycles. The second-order valence-corrected chi connectivity index (χ2v) is 6.99. The van der Waals surface area contributed by atoms with Crippen LogP contribution in [0.4, 0.5) is 5.69 Å². The summed E-state index contributed by atoms with van der Waals surface area (Å²) in [6.07, 6.45) is 1.40. The monoisotopic (exact) mass is 396 g/mol. The van der Waals surface area contributed by atoms with Crippen molar-refractivity contribution in [3.63, 3.8) is 0 Å². The van der Waals surface area contributed by atoms with Gasteiger partial charge in [-0.25, -0.2) is 4.79 Å². The number of methoxy groups -OCH3 is 2. The van der Waals surface area contributed by atoms with Crippen molar-refractivity contribution in [1.82, 2.24) is 4.90 Å². The molecular weight excluding hydrogens is 368 g/mol. The molecule has 1 aliphatic heterocycles. The third kappa shape index (κ3) is 5.29. The molecule has 1 saturated heterocycles. The Balaban J connectivity index is 1.69. The molecule has 0 unspecified atom stereocenters. The van der Waals surface area contributed by atoms with Crippen LogP contribution in [0.15, 0.2) is 54.8 Å². The van der Waals surface area contributed by atoms with Crippen molar-refractivity contribution in [2.24, 2.45) is 0 Å². The van der Waals surface area contributed by atoms with E-state index in [1.807, 2.05) is 36.4 Å². The van der Waals surface area contributed by atoms with E-state index in [-0.39, 0.29) is 0 Å². The minimum atomic E-state index is -0.448. The van der Waals surface area contributed by atoms with E-state index < -0.39 is 5.97 Å². The Hall–Kier alpha value is -2.99. The fourth-order valence-corrected chi connectivity index (χ4v) is 3.34. The number of benzene rings is 2. The molecule has 0 bridgehead atoms. The highest BCUT2D eigenvalue weighted by Crippen LogP contribution is 2.24. The number of rotatable bonds is 7. The first-order valence-corrected chi connectivity index (χ1v) is 9.68. The van der Waals surface area contributed by atoms with Crippen LogP contribution in [0.25, 0.3) is 5.57 Å². The van der Waals surface area contributed by atoms with Gasteiger partial charge in [0.1, 0.15) is 17.9 Å². The van der Waals surface area contributed by atoms with Gasteiger partial charge in [0.2, 0.25) is 0 Å². The number of carbonyl (C=O) groups excluding carboxylic acids is 1. The summed E-state index contributed by atoms with van der Waals surface area (Å²) in [7, 11) is 5.01. The average molecular weight is 396 g/mol. The maximum atomic E-state index is 12.1. The van der Waals surface area contributed by atoms with Gasteiger partial charge >= 0.3 is 5.97 Å². The van der Waals surface area contributed by atoms with Crippen molar-refractivity contribution in [3.8, 4) is 5.75 Å². The van der Waals surface area contributed by atoms with Gasteiger partial charge in [-0.15, -0.1) is 0 Å². The van der Waals surface area contributed by atoms with Crippen LogP contribution in [0.1, 0.15) is 11.1 Å². The number of likely N-dealkylation sites (N-methyl/N-ethyl adjacent to an activating group) is 1. The number of hydrogen-bond acceptors (Lipinski definition) is 6. The standard InChI is InChI=1S/C23H28N2O4/c1-24-12-14-25(15-13-24)19-8-10-20(11-9-19)29-16-18-6-4-5-7-21(18)22(17-27-2)23(26)28-3/h4-11,17H,12-16H2,1-3H3/b22-17+. The van der Waals surface area contributed by atoms with Crippen molar-refractivity contribution in [2.75, 3.05) is 52.3 Å². The van der Waals surface area contributed by atoms with Crippen molar-refractivity contribution >= 4 is 17.2 Å². The van der Waals surface area contributed by atoms with Crippen molar-refractivity contribution in [1.29, 1.82) is 0 Å². The van der Waals surface area contributed by atoms with Crippen LogP contribution in [0.5, 0.6) is 5.75 Å². The average Bonchev–Trinajstić information content (AvgIpc) is 2.77. The molecule has 1 heterocycles. The quantitative estimate of drug-likeness (QED) is 0.407. The topological polar surface area (TPSA) is 51.2 Å². The number of nitrogens with zero attached hydrogens (tertiary/aromatic N) is 2. The summed E-state index contributed by atoms with van der Waals surface area (Å²) < 4.78 is 15.9. The van der Waals surface area contributed by atoms with Gasteiger partial charge < -0.3 is 24.0 Å². The van der Waals surface area contributed by atoms with Gasteiger partial charge in [-0.05, 0) is 42.4 Å². The fourth-order valence-electron chi connectivity index (χ4n) is 3.34. The van der Waals surface area contributed by atoms with E-state index in [9.17, 15) is 4.79 Å². The van der Waals surface area contributed by atoms with Gasteiger partial charge in [0.05, 0.1) is 20.5 Å². The SMILES string of the molecule is CO/C=C(/C(=O)OC)c1ccccc1COc1ccc(N2CCN(C)CC2)cc1. The van der Waals surface area contributed by atoms with Crippen molar-refractivity contribution in [3.05, 3.63) is 65.9 Å². The summed E-state index contributed by atoms with van der Waals surface area (Å²) in [6, 6.07) is 15.7. The van der Waals surface area contributed by atoms with Crippen LogP contribution < -0.4 is 9.64 Å². The predicted molar refractivity (Wildman–Crippen MR) is 114 cm³/mol. The molecule has 0 atom stereocenters. The minimum Gasteiger partial charge on any atom is -0.503 e. The van der Waals surface area contributed by atoms with E-state index >= 15 is 0 Å². The smallest absolute Gasteiger partial charge is 0.341 e. The van der Waals surface area contributed by atoms with Gasteiger partial charge in [0.25, 0.3) is 0 Å². The van der Waals surface area contributed by atoms with Gasteiger partial charge in [-0.2, -0.15) is 0 Å². The second kappa shape index (κ2) is 9.98. The molecule has 2 aromatic rings. The highest BCUT2D eigenvalue weighted by atomic mass is 16.5. The van der Waals surface area contributed by atoms with Gasteiger partial charge in [-0.1, -0.05) is 24.3 Å². The summed E-state index contributed by atoms with van der Waals surface area (Å²) in [4.78, 5) is 16.8. The number of anilines is 1.